The van der Waals surface area contributed by atoms with Crippen LogP contribution in [-0.2, 0) is 35.8 Å². The Labute approximate surface area is 231 Å². The summed E-state index contributed by atoms with van der Waals surface area (Å²) in [4.78, 5) is 14.3. The van der Waals surface area contributed by atoms with Gasteiger partial charge in [0.2, 0.25) is 0 Å². The van der Waals surface area contributed by atoms with Crippen LogP contribution >= 0.6 is 0 Å². The number of hydrogen-bond acceptors (Lipinski definition) is 6. The molecule has 1 amide bonds. The molecule has 1 aliphatic heterocycles. The molecule has 0 aromatic heterocycles. The zero-order valence-corrected chi connectivity index (χ0v) is 22.8. The third-order valence-electron chi connectivity index (χ3n) is 6.89. The van der Waals surface area contributed by atoms with Crippen LogP contribution in [-0.4, -0.2) is 36.8 Å². The van der Waals surface area contributed by atoms with E-state index in [2.05, 4.69) is 6.92 Å². The third-order valence-corrected chi connectivity index (χ3v) is 6.89. The lowest BCUT2D eigenvalue weighted by atomic mass is 10.1. The van der Waals surface area contributed by atoms with Crippen molar-refractivity contribution in [3.63, 3.8) is 0 Å². The van der Waals surface area contributed by atoms with Crippen LogP contribution in [0.5, 0.6) is 11.5 Å². The van der Waals surface area contributed by atoms with E-state index < -0.39 is 0 Å². The average molecular weight is 533 g/mol. The number of ether oxygens (including phenoxy) is 4. The largest absolute Gasteiger partial charge is 0.485 e. The second kappa shape index (κ2) is 15.1. The van der Waals surface area contributed by atoms with E-state index in [-0.39, 0.29) is 18.7 Å². The van der Waals surface area contributed by atoms with Gasteiger partial charge in [0.05, 0.1) is 25.9 Å². The molecule has 1 fully saturated rings. The average Bonchev–Trinajstić information content (AvgIpc) is 3.45. The fourth-order valence-electron chi connectivity index (χ4n) is 4.68. The molecule has 0 bridgehead atoms. The van der Waals surface area contributed by atoms with Crippen molar-refractivity contribution in [2.24, 2.45) is 5.73 Å². The van der Waals surface area contributed by atoms with Crippen molar-refractivity contribution >= 4 is 6.09 Å². The second-order valence-electron chi connectivity index (χ2n) is 9.76. The van der Waals surface area contributed by atoms with Gasteiger partial charge in [-0.3, -0.25) is 0 Å². The molecule has 0 spiro atoms. The van der Waals surface area contributed by atoms with Crippen molar-refractivity contribution in [3.8, 4) is 11.5 Å². The number of amides is 1. The zero-order chi connectivity index (χ0) is 27.3. The molecule has 7 heteroatoms. The predicted octanol–water partition coefficient (Wildman–Crippen LogP) is 6.22. The Bertz CT molecular complexity index is 1160. The summed E-state index contributed by atoms with van der Waals surface area (Å²) in [6.07, 6.45) is 3.49. The number of nitrogens with two attached hydrogens (primary N) is 1. The van der Waals surface area contributed by atoms with Gasteiger partial charge < -0.3 is 29.6 Å². The molecule has 4 rings (SSSR count). The molecule has 3 aromatic rings. The normalized spacial score (nSPS) is 14.8. The first kappa shape index (κ1) is 28.5. The molecule has 3 aromatic carbocycles. The molecule has 0 radical (unpaired) electrons. The summed E-state index contributed by atoms with van der Waals surface area (Å²) in [5, 5.41) is 0. The minimum atomic E-state index is -0.242. The Hall–Kier alpha value is -3.55. The molecular weight excluding hydrogens is 492 g/mol. The summed E-state index contributed by atoms with van der Waals surface area (Å²) in [5.74, 6) is 1.29. The van der Waals surface area contributed by atoms with E-state index in [1.54, 1.807) is 4.90 Å². The van der Waals surface area contributed by atoms with Crippen LogP contribution in [0.25, 0.3) is 0 Å². The number of carbonyl (C=O) groups is 1. The number of hydrogen-bond donors (Lipinski definition) is 1. The monoisotopic (exact) mass is 532 g/mol. The van der Waals surface area contributed by atoms with Crippen molar-refractivity contribution in [2.45, 2.75) is 65.0 Å². The van der Waals surface area contributed by atoms with Crippen LogP contribution in [0.2, 0.25) is 0 Å². The van der Waals surface area contributed by atoms with E-state index in [9.17, 15) is 4.79 Å². The Morgan fingerprint density at radius 2 is 1.62 bits per heavy atom. The number of benzene rings is 3. The Morgan fingerprint density at radius 1 is 0.923 bits per heavy atom. The molecule has 7 nitrogen and oxygen atoms in total. The van der Waals surface area contributed by atoms with Crippen molar-refractivity contribution in [1.29, 1.82) is 0 Å². The van der Waals surface area contributed by atoms with Gasteiger partial charge in [-0.1, -0.05) is 80.1 Å². The summed E-state index contributed by atoms with van der Waals surface area (Å²) >= 11 is 0. The van der Waals surface area contributed by atoms with Gasteiger partial charge >= 0.3 is 6.09 Å². The van der Waals surface area contributed by atoms with Crippen LogP contribution in [0.15, 0.2) is 72.8 Å². The summed E-state index contributed by atoms with van der Waals surface area (Å²) in [5.41, 5.74) is 10.2. The molecular formula is C32H40N2O5. The number of likely N-dealkylation sites (tertiary alicyclic amines) is 1. The van der Waals surface area contributed by atoms with Gasteiger partial charge in [-0.2, -0.15) is 0 Å². The molecule has 1 saturated heterocycles. The predicted molar refractivity (Wildman–Crippen MR) is 152 cm³/mol. The first-order valence-electron chi connectivity index (χ1n) is 13.9. The maximum absolute atomic E-state index is 12.5. The first-order chi connectivity index (χ1) is 19.2. The summed E-state index contributed by atoms with van der Waals surface area (Å²) < 4.78 is 24.1. The lowest BCUT2D eigenvalue weighted by molar-refractivity contribution is 0.0511. The first-order valence-corrected chi connectivity index (χ1v) is 13.9. The van der Waals surface area contributed by atoms with E-state index in [1.807, 2.05) is 72.8 Å². The Balaban J connectivity index is 1.44. The molecule has 1 atom stereocenters. The number of unbranched alkanes of at least 4 members (excludes halogenated alkanes) is 1. The van der Waals surface area contributed by atoms with E-state index >= 15 is 0 Å². The maximum Gasteiger partial charge on any atom is 0.410 e. The highest BCUT2D eigenvalue weighted by Crippen LogP contribution is 2.35. The van der Waals surface area contributed by atoms with Gasteiger partial charge in [-0.05, 0) is 42.0 Å². The molecule has 2 N–H and O–H groups in total. The number of nitrogens with zero attached hydrogens (tertiary/aromatic N) is 1. The van der Waals surface area contributed by atoms with Crippen molar-refractivity contribution in [2.75, 3.05) is 19.8 Å². The highest BCUT2D eigenvalue weighted by atomic mass is 16.6. The van der Waals surface area contributed by atoms with Crippen molar-refractivity contribution in [3.05, 3.63) is 95.1 Å². The maximum atomic E-state index is 12.5. The highest BCUT2D eigenvalue weighted by molar-refractivity contribution is 5.68. The topological polar surface area (TPSA) is 83.2 Å². The molecule has 1 aliphatic rings. The molecule has 0 unspecified atom stereocenters. The van der Waals surface area contributed by atoms with Crippen LogP contribution in [0, 0.1) is 0 Å². The van der Waals surface area contributed by atoms with Crippen LogP contribution in [0.4, 0.5) is 4.79 Å². The van der Waals surface area contributed by atoms with Gasteiger partial charge in [0, 0.05) is 18.7 Å². The van der Waals surface area contributed by atoms with Crippen molar-refractivity contribution in [1.82, 2.24) is 4.90 Å². The minimum Gasteiger partial charge on any atom is -0.485 e. The Kier molecular flexibility index (Phi) is 11.1. The molecule has 39 heavy (non-hydrogen) atoms. The summed E-state index contributed by atoms with van der Waals surface area (Å²) in [6, 6.07) is 24.0. The van der Waals surface area contributed by atoms with Crippen LogP contribution < -0.4 is 15.2 Å². The van der Waals surface area contributed by atoms with Gasteiger partial charge in [0.15, 0.2) is 11.5 Å². The highest BCUT2D eigenvalue weighted by Gasteiger charge is 2.30. The van der Waals surface area contributed by atoms with Gasteiger partial charge in [0.25, 0.3) is 0 Å². The van der Waals surface area contributed by atoms with E-state index in [0.29, 0.717) is 51.1 Å². The zero-order valence-electron chi connectivity index (χ0n) is 22.8. The molecule has 1 heterocycles. The van der Waals surface area contributed by atoms with Crippen LogP contribution in [0.3, 0.4) is 0 Å². The molecule has 208 valence electrons. The second-order valence-corrected chi connectivity index (χ2v) is 9.76. The minimum absolute atomic E-state index is 0.0164. The number of carbonyl (C=O) groups excluding carboxylic acids is 1. The summed E-state index contributed by atoms with van der Waals surface area (Å²) in [7, 11) is 0. The standard InChI is InChI=1S/C32H40N2O5/c1-2-3-19-37-32(35)34-18-10-15-28(34)24-36-23-27-16-17-30(38-21-25-11-6-4-7-12-25)31(29(27)20-33)39-22-26-13-8-5-9-14-26/h4-9,11-14,16-17,28H,2-3,10,15,18-24,33H2,1H3/t28-/m1/s1. The van der Waals surface area contributed by atoms with Crippen LogP contribution in [0.1, 0.15) is 54.9 Å². The summed E-state index contributed by atoms with van der Waals surface area (Å²) in [6.45, 7) is 5.16. The lowest BCUT2D eigenvalue weighted by Gasteiger charge is -2.24. The molecule has 0 aliphatic carbocycles. The number of rotatable bonds is 14. The van der Waals surface area contributed by atoms with Gasteiger partial charge in [0.1, 0.15) is 13.2 Å². The van der Waals surface area contributed by atoms with E-state index in [0.717, 1.165) is 47.9 Å². The van der Waals surface area contributed by atoms with E-state index in [4.69, 9.17) is 24.7 Å². The van der Waals surface area contributed by atoms with Crippen molar-refractivity contribution < 1.29 is 23.7 Å². The molecule has 0 saturated carbocycles. The smallest absolute Gasteiger partial charge is 0.410 e. The van der Waals surface area contributed by atoms with Gasteiger partial charge in [-0.25, -0.2) is 4.79 Å². The van der Waals surface area contributed by atoms with E-state index in [1.165, 1.54) is 0 Å². The van der Waals surface area contributed by atoms with Gasteiger partial charge in [-0.15, -0.1) is 0 Å². The fourth-order valence-corrected chi connectivity index (χ4v) is 4.68. The fraction of sp³-hybridized carbons (Fsp3) is 0.406. The quantitative estimate of drug-likeness (QED) is 0.248. The SMILES string of the molecule is CCCCOC(=O)N1CCC[C@@H]1COCc1ccc(OCc2ccccc2)c(OCc2ccccc2)c1CN. The lowest BCUT2D eigenvalue weighted by Crippen LogP contribution is -2.38. The third kappa shape index (κ3) is 8.22. The Morgan fingerprint density at radius 3 is 2.28 bits per heavy atom.